The molecule has 4 heavy (non-hydrogen) atoms. The summed E-state index contributed by atoms with van der Waals surface area (Å²) in [5.41, 5.74) is 1.46. The highest BCUT2D eigenvalue weighted by Crippen LogP contribution is 1.15. The Morgan fingerprint density at radius 1 is 2.00 bits per heavy atom. The molecule has 0 unspecified atom stereocenters. The van der Waals surface area contributed by atoms with Crippen molar-refractivity contribution in [1.82, 2.24) is 5.48 Å². The van der Waals surface area contributed by atoms with E-state index < -0.39 is 0 Å². The maximum atomic E-state index is 7.39. The quantitative estimate of drug-likeness (QED) is 0.224. The van der Waals surface area contributed by atoms with Gasteiger partial charge in [0.1, 0.15) is 0 Å². The predicted molar refractivity (Wildman–Crippen MR) is 13.8 cm³/mol. The number of hydroxylamine groups is 1. The third-order valence-corrected chi connectivity index (χ3v) is 0.0645. The van der Waals surface area contributed by atoms with E-state index in [1.807, 2.05) is 0 Å². The second kappa shape index (κ2) is 2.32. The minimum atomic E-state index is 1.46. The lowest BCUT2D eigenvalue weighted by Crippen LogP contribution is -1.91. The van der Waals surface area contributed by atoms with Crippen molar-refractivity contribution >= 4 is 0 Å². The smallest absolute Gasteiger partial charge is 0.0269 e. The van der Waals surface area contributed by atoms with Crippen molar-refractivity contribution in [3.63, 3.8) is 0 Å². The van der Waals surface area contributed by atoms with Gasteiger partial charge in [0.15, 0.2) is 0 Å². The molecule has 0 heterocycles. The van der Waals surface area contributed by atoms with E-state index in [0.717, 1.165) is 0 Å². The molecule has 0 aliphatic carbocycles. The van der Waals surface area contributed by atoms with Crippen LogP contribution in [0.5, 0.6) is 0 Å². The standard InChI is InChI=1S/C2H3NO/c1-2-3-4/h1,3-4H. The Morgan fingerprint density at radius 3 is 2.25 bits per heavy atom. The van der Waals surface area contributed by atoms with Crippen molar-refractivity contribution < 1.29 is 5.21 Å². The molecule has 0 amide bonds. The van der Waals surface area contributed by atoms with Gasteiger partial charge in [-0.15, -0.1) is 0 Å². The van der Waals surface area contributed by atoms with Crippen molar-refractivity contribution in [1.29, 1.82) is 0 Å². The van der Waals surface area contributed by atoms with Gasteiger partial charge in [0.2, 0.25) is 0 Å². The minimum Gasteiger partial charge on any atom is -0.283 e. The van der Waals surface area contributed by atoms with Crippen LogP contribution in [-0.4, -0.2) is 5.21 Å². The SMILES string of the molecule is C#CNO. The zero-order chi connectivity index (χ0) is 3.41. The van der Waals surface area contributed by atoms with Gasteiger partial charge in [-0.3, -0.25) is 5.21 Å². The molecule has 0 fully saturated rings. The summed E-state index contributed by atoms with van der Waals surface area (Å²) in [7, 11) is 0. The van der Waals surface area contributed by atoms with Gasteiger partial charge in [-0.1, -0.05) is 6.42 Å². The van der Waals surface area contributed by atoms with E-state index in [0.29, 0.717) is 0 Å². The van der Waals surface area contributed by atoms with Gasteiger partial charge in [-0.05, 0) is 0 Å². The summed E-state index contributed by atoms with van der Waals surface area (Å²) in [5.74, 6) is 0. The molecule has 22 valence electrons. The molecule has 0 aromatic heterocycles. The van der Waals surface area contributed by atoms with E-state index >= 15 is 0 Å². The van der Waals surface area contributed by atoms with E-state index in [4.69, 9.17) is 5.21 Å². The number of nitrogens with one attached hydrogen (secondary N) is 1. The summed E-state index contributed by atoms with van der Waals surface area (Å²) in [6.45, 7) is 0. The third-order valence-electron chi connectivity index (χ3n) is 0.0645. The van der Waals surface area contributed by atoms with Gasteiger partial charge in [0.05, 0.1) is 0 Å². The first kappa shape index (κ1) is 3.32. The van der Waals surface area contributed by atoms with Gasteiger partial charge in [0, 0.05) is 6.04 Å². The van der Waals surface area contributed by atoms with Crippen LogP contribution in [0.4, 0.5) is 0 Å². The van der Waals surface area contributed by atoms with E-state index in [1.165, 1.54) is 5.48 Å². The first-order valence-electron chi connectivity index (χ1n) is 0.762. The molecule has 0 aromatic carbocycles. The number of rotatable bonds is 0. The van der Waals surface area contributed by atoms with Gasteiger partial charge in [0.25, 0.3) is 0 Å². The van der Waals surface area contributed by atoms with E-state index in [2.05, 4.69) is 6.42 Å². The molecule has 0 aliphatic heterocycles. The molecular weight excluding hydrogens is 54.0 g/mol. The average molecular weight is 57.1 g/mol. The Bertz CT molecular complexity index is 35.8. The summed E-state index contributed by atoms with van der Waals surface area (Å²) < 4.78 is 0. The van der Waals surface area contributed by atoms with Crippen LogP contribution < -0.4 is 5.48 Å². The second-order valence-electron chi connectivity index (χ2n) is 0.256. The largest absolute Gasteiger partial charge is 0.283 e. The zero-order valence-corrected chi connectivity index (χ0v) is 2.02. The Kier molecular flexibility index (Phi) is 1.93. The highest BCUT2D eigenvalue weighted by atomic mass is 16.5. The maximum Gasteiger partial charge on any atom is 0.0269 e. The predicted octanol–water partition coefficient (Wildman–Crippen LogP) is -0.444. The highest BCUT2D eigenvalue weighted by Gasteiger charge is 1.33. The van der Waals surface area contributed by atoms with E-state index in [1.54, 1.807) is 6.04 Å². The van der Waals surface area contributed by atoms with E-state index in [9.17, 15) is 0 Å². The number of hydrogen-bond donors (Lipinski definition) is 2. The van der Waals surface area contributed by atoms with Crippen LogP contribution in [0.2, 0.25) is 0 Å². The first-order chi connectivity index (χ1) is 1.91. The molecule has 0 aromatic rings. The summed E-state index contributed by atoms with van der Waals surface area (Å²) in [4.78, 5) is 0. The molecule has 0 aliphatic rings. The molecule has 0 atom stereocenters. The maximum absolute atomic E-state index is 7.39. The lowest BCUT2D eigenvalue weighted by atomic mass is 11.2. The molecule has 2 N–H and O–H groups in total. The highest BCUT2D eigenvalue weighted by molar-refractivity contribution is 4.72. The Hall–Kier alpha value is -0.680. The Balaban J connectivity index is 2.43. The van der Waals surface area contributed by atoms with Crippen molar-refractivity contribution in [2.24, 2.45) is 0 Å². The molecule has 0 bridgehead atoms. The van der Waals surface area contributed by atoms with Crippen LogP contribution >= 0.6 is 0 Å². The number of hydrogen-bond acceptors (Lipinski definition) is 2. The molecule has 0 saturated heterocycles. The molecule has 2 nitrogen and oxygen atoms in total. The van der Waals surface area contributed by atoms with Crippen molar-refractivity contribution in [2.45, 2.75) is 0 Å². The van der Waals surface area contributed by atoms with Crippen molar-refractivity contribution in [2.75, 3.05) is 0 Å². The average Bonchev–Trinajstić information content (AvgIpc) is 1.37. The molecule has 0 rings (SSSR count). The molecular formula is C2H3NO. The lowest BCUT2D eigenvalue weighted by molar-refractivity contribution is 0.225. The van der Waals surface area contributed by atoms with Gasteiger partial charge in [-0.25, -0.2) is 5.48 Å². The molecule has 0 radical (unpaired) electrons. The van der Waals surface area contributed by atoms with Gasteiger partial charge < -0.3 is 0 Å². The van der Waals surface area contributed by atoms with E-state index in [-0.39, 0.29) is 0 Å². The monoisotopic (exact) mass is 57.0 g/mol. The van der Waals surface area contributed by atoms with Crippen LogP contribution in [0.15, 0.2) is 0 Å². The van der Waals surface area contributed by atoms with Crippen molar-refractivity contribution in [3.8, 4) is 12.5 Å². The minimum absolute atomic E-state index is 1.46. The molecule has 0 spiro atoms. The zero-order valence-electron chi connectivity index (χ0n) is 2.02. The third kappa shape index (κ3) is 1.32. The second-order valence-corrected chi connectivity index (χ2v) is 0.256. The van der Waals surface area contributed by atoms with Crippen molar-refractivity contribution in [3.05, 3.63) is 0 Å². The van der Waals surface area contributed by atoms with Gasteiger partial charge in [-0.2, -0.15) is 0 Å². The molecule has 0 saturated carbocycles. The van der Waals surface area contributed by atoms with Crippen LogP contribution in [0.25, 0.3) is 0 Å². The Morgan fingerprint density at radius 2 is 2.25 bits per heavy atom. The summed E-state index contributed by atoms with van der Waals surface area (Å²) in [5, 5.41) is 7.39. The fourth-order valence-corrected chi connectivity index (χ4v) is 0. The molecule has 2 heteroatoms. The fourth-order valence-electron chi connectivity index (χ4n) is 0. The lowest BCUT2D eigenvalue weighted by Gasteiger charge is -1.65. The summed E-state index contributed by atoms with van der Waals surface area (Å²) in [6.07, 6.45) is 4.42. The normalized spacial score (nSPS) is 4.00. The number of terminal acetylenes is 1. The topological polar surface area (TPSA) is 32.3 Å². The van der Waals surface area contributed by atoms with Crippen LogP contribution in [-0.2, 0) is 0 Å². The fraction of sp³-hybridized carbons (Fsp3) is 0. The van der Waals surface area contributed by atoms with Crippen LogP contribution in [0.1, 0.15) is 0 Å². The van der Waals surface area contributed by atoms with Gasteiger partial charge >= 0.3 is 0 Å². The Labute approximate surface area is 24.4 Å². The van der Waals surface area contributed by atoms with Crippen LogP contribution in [0, 0.1) is 12.5 Å². The first-order valence-corrected chi connectivity index (χ1v) is 0.762. The van der Waals surface area contributed by atoms with Crippen LogP contribution in [0.3, 0.4) is 0 Å². The summed E-state index contributed by atoms with van der Waals surface area (Å²) in [6, 6.07) is 1.74. The summed E-state index contributed by atoms with van der Waals surface area (Å²) >= 11 is 0.